The molecule has 32 heavy (non-hydrogen) atoms. The van der Waals surface area contributed by atoms with Gasteiger partial charge in [0.25, 0.3) is 11.8 Å². The Morgan fingerprint density at radius 3 is 2.25 bits per heavy atom. The SMILES string of the molecule is COc1ccc(-c2nc(CN3CCN(C(=O)c4ccc(C(C)(C)C)cc4)CC3)no2)cc1. The molecule has 1 amide bonds. The standard InChI is InChI=1S/C25H30N4O3/c1-25(2,3)20-9-5-19(6-10-20)24(30)29-15-13-28(14-16-29)17-22-26-23(32-27-22)18-7-11-21(31-4)12-8-18/h5-12H,13-17H2,1-4H3. The molecule has 4 rings (SSSR count). The number of hydrogen-bond acceptors (Lipinski definition) is 6. The lowest BCUT2D eigenvalue weighted by atomic mass is 9.86. The predicted molar refractivity (Wildman–Crippen MR) is 123 cm³/mol. The fourth-order valence-electron chi connectivity index (χ4n) is 3.77. The first-order chi connectivity index (χ1) is 15.3. The predicted octanol–water partition coefficient (Wildman–Crippen LogP) is 4.00. The third kappa shape index (κ3) is 4.99. The van der Waals surface area contributed by atoms with Crippen molar-refractivity contribution in [3.05, 3.63) is 65.5 Å². The smallest absolute Gasteiger partial charge is 0.257 e. The number of benzene rings is 2. The molecule has 0 bridgehead atoms. The number of piperazine rings is 1. The van der Waals surface area contributed by atoms with Crippen LogP contribution >= 0.6 is 0 Å². The second-order valence-corrected chi connectivity index (χ2v) is 9.14. The molecule has 2 heterocycles. The minimum atomic E-state index is 0.0790. The molecule has 7 nitrogen and oxygen atoms in total. The van der Waals surface area contributed by atoms with Crippen LogP contribution in [0.2, 0.25) is 0 Å². The van der Waals surface area contributed by atoms with Crippen LogP contribution in [0.5, 0.6) is 5.75 Å². The average molecular weight is 435 g/mol. The molecular formula is C25H30N4O3. The van der Waals surface area contributed by atoms with E-state index < -0.39 is 0 Å². The van der Waals surface area contributed by atoms with E-state index in [2.05, 4.69) is 47.9 Å². The Morgan fingerprint density at radius 2 is 1.66 bits per heavy atom. The van der Waals surface area contributed by atoms with Gasteiger partial charge in [-0.05, 0) is 47.4 Å². The number of hydrogen-bond donors (Lipinski definition) is 0. The first kappa shape index (κ1) is 22.0. The molecule has 1 saturated heterocycles. The van der Waals surface area contributed by atoms with E-state index in [1.807, 2.05) is 41.3 Å². The number of ether oxygens (including phenoxy) is 1. The van der Waals surface area contributed by atoms with Crippen LogP contribution in [0.3, 0.4) is 0 Å². The topological polar surface area (TPSA) is 71.7 Å². The lowest BCUT2D eigenvalue weighted by molar-refractivity contribution is 0.0624. The van der Waals surface area contributed by atoms with Crippen molar-refractivity contribution in [2.45, 2.75) is 32.7 Å². The Labute approximate surface area is 189 Å². The van der Waals surface area contributed by atoms with Crippen LogP contribution in [0, 0.1) is 0 Å². The fourth-order valence-corrected chi connectivity index (χ4v) is 3.77. The maximum absolute atomic E-state index is 12.9. The quantitative estimate of drug-likeness (QED) is 0.604. The summed E-state index contributed by atoms with van der Waals surface area (Å²) in [7, 11) is 1.63. The lowest BCUT2D eigenvalue weighted by Gasteiger charge is -2.34. The molecule has 2 aromatic carbocycles. The number of nitrogens with zero attached hydrogens (tertiary/aromatic N) is 4. The van der Waals surface area contributed by atoms with Crippen molar-refractivity contribution in [2.75, 3.05) is 33.3 Å². The highest BCUT2D eigenvalue weighted by molar-refractivity contribution is 5.94. The van der Waals surface area contributed by atoms with E-state index in [1.165, 1.54) is 5.56 Å². The van der Waals surface area contributed by atoms with Crippen molar-refractivity contribution < 1.29 is 14.1 Å². The Hall–Kier alpha value is -3.19. The van der Waals surface area contributed by atoms with Crippen molar-refractivity contribution in [3.63, 3.8) is 0 Å². The monoisotopic (exact) mass is 434 g/mol. The van der Waals surface area contributed by atoms with Crippen LogP contribution in [0.1, 0.15) is 42.5 Å². The molecule has 0 unspecified atom stereocenters. The zero-order chi connectivity index (χ0) is 22.7. The van der Waals surface area contributed by atoms with Gasteiger partial charge in [-0.3, -0.25) is 9.69 Å². The van der Waals surface area contributed by atoms with E-state index in [0.717, 1.165) is 30.0 Å². The third-order valence-corrected chi connectivity index (χ3v) is 5.83. The number of methoxy groups -OCH3 is 1. The molecule has 3 aromatic rings. The molecular weight excluding hydrogens is 404 g/mol. The molecule has 0 N–H and O–H groups in total. The van der Waals surface area contributed by atoms with Gasteiger partial charge in [-0.2, -0.15) is 4.98 Å². The van der Waals surface area contributed by atoms with Crippen molar-refractivity contribution in [1.82, 2.24) is 19.9 Å². The van der Waals surface area contributed by atoms with Gasteiger partial charge in [-0.15, -0.1) is 0 Å². The van der Waals surface area contributed by atoms with Gasteiger partial charge in [-0.25, -0.2) is 0 Å². The summed E-state index contributed by atoms with van der Waals surface area (Å²) < 4.78 is 10.6. The highest BCUT2D eigenvalue weighted by Gasteiger charge is 2.24. The fraction of sp³-hybridized carbons (Fsp3) is 0.400. The van der Waals surface area contributed by atoms with Gasteiger partial charge in [0.1, 0.15) is 5.75 Å². The van der Waals surface area contributed by atoms with Crippen LogP contribution in [-0.2, 0) is 12.0 Å². The number of carbonyl (C=O) groups excluding carboxylic acids is 1. The molecule has 0 atom stereocenters. The van der Waals surface area contributed by atoms with E-state index in [9.17, 15) is 4.79 Å². The summed E-state index contributed by atoms with van der Waals surface area (Å²) >= 11 is 0. The summed E-state index contributed by atoms with van der Waals surface area (Å²) in [5, 5.41) is 4.12. The number of carbonyl (C=O) groups is 1. The Morgan fingerprint density at radius 1 is 1.00 bits per heavy atom. The van der Waals surface area contributed by atoms with Gasteiger partial charge in [0.15, 0.2) is 5.82 Å². The second-order valence-electron chi connectivity index (χ2n) is 9.14. The lowest BCUT2D eigenvalue weighted by Crippen LogP contribution is -2.48. The number of aromatic nitrogens is 2. The van der Waals surface area contributed by atoms with Crippen LogP contribution in [0.15, 0.2) is 53.1 Å². The van der Waals surface area contributed by atoms with E-state index in [1.54, 1.807) is 7.11 Å². The molecule has 0 aliphatic carbocycles. The summed E-state index contributed by atoms with van der Waals surface area (Å²) in [6.45, 7) is 10.0. The molecule has 7 heteroatoms. The van der Waals surface area contributed by atoms with Gasteiger partial charge in [0.05, 0.1) is 13.7 Å². The third-order valence-electron chi connectivity index (χ3n) is 5.83. The van der Waals surface area contributed by atoms with Gasteiger partial charge in [-0.1, -0.05) is 38.1 Å². The van der Waals surface area contributed by atoms with Crippen molar-refractivity contribution >= 4 is 5.91 Å². The molecule has 1 aliphatic heterocycles. The first-order valence-corrected chi connectivity index (χ1v) is 10.9. The molecule has 1 aliphatic rings. The zero-order valence-electron chi connectivity index (χ0n) is 19.2. The van der Waals surface area contributed by atoms with Crippen molar-refractivity contribution in [3.8, 4) is 17.2 Å². The highest BCUT2D eigenvalue weighted by atomic mass is 16.5. The van der Waals surface area contributed by atoms with E-state index in [4.69, 9.17) is 9.26 Å². The molecule has 0 spiro atoms. The maximum atomic E-state index is 12.9. The second kappa shape index (κ2) is 9.12. The molecule has 168 valence electrons. The van der Waals surface area contributed by atoms with Crippen molar-refractivity contribution in [2.24, 2.45) is 0 Å². The van der Waals surface area contributed by atoms with E-state index in [-0.39, 0.29) is 11.3 Å². The Balaban J connectivity index is 1.31. The van der Waals surface area contributed by atoms with Crippen LogP contribution in [-0.4, -0.2) is 59.1 Å². The normalized spacial score (nSPS) is 15.1. The minimum absolute atomic E-state index is 0.0790. The van der Waals surface area contributed by atoms with Crippen LogP contribution in [0.25, 0.3) is 11.5 Å². The van der Waals surface area contributed by atoms with Gasteiger partial charge in [0.2, 0.25) is 0 Å². The van der Waals surface area contributed by atoms with Gasteiger partial charge < -0.3 is 14.2 Å². The zero-order valence-corrected chi connectivity index (χ0v) is 19.2. The minimum Gasteiger partial charge on any atom is -0.497 e. The summed E-state index contributed by atoms with van der Waals surface area (Å²) in [6.07, 6.45) is 0. The van der Waals surface area contributed by atoms with Crippen molar-refractivity contribution in [1.29, 1.82) is 0 Å². The van der Waals surface area contributed by atoms with Crippen LogP contribution < -0.4 is 4.74 Å². The summed E-state index contributed by atoms with van der Waals surface area (Å²) in [5.41, 5.74) is 2.91. The number of amides is 1. The Bertz CT molecular complexity index is 1040. The molecule has 1 aromatic heterocycles. The molecule has 0 radical (unpaired) electrons. The number of rotatable bonds is 5. The van der Waals surface area contributed by atoms with E-state index >= 15 is 0 Å². The maximum Gasteiger partial charge on any atom is 0.257 e. The Kier molecular flexibility index (Phi) is 6.28. The van der Waals surface area contributed by atoms with Crippen LogP contribution in [0.4, 0.5) is 0 Å². The van der Waals surface area contributed by atoms with Gasteiger partial charge >= 0.3 is 0 Å². The largest absolute Gasteiger partial charge is 0.497 e. The van der Waals surface area contributed by atoms with E-state index in [0.29, 0.717) is 31.3 Å². The van der Waals surface area contributed by atoms with Gasteiger partial charge in [0, 0.05) is 37.3 Å². The molecule has 1 fully saturated rings. The summed E-state index contributed by atoms with van der Waals surface area (Å²) in [6, 6.07) is 15.5. The average Bonchev–Trinajstić information content (AvgIpc) is 3.27. The first-order valence-electron chi connectivity index (χ1n) is 10.9. The summed E-state index contributed by atoms with van der Waals surface area (Å²) in [5.74, 6) is 2.01. The molecule has 0 saturated carbocycles. The highest BCUT2D eigenvalue weighted by Crippen LogP contribution is 2.23. The summed E-state index contributed by atoms with van der Waals surface area (Å²) in [4.78, 5) is 21.6.